The first-order chi connectivity index (χ1) is 21.9. The van der Waals surface area contributed by atoms with E-state index in [2.05, 4.69) is 0 Å². The van der Waals surface area contributed by atoms with Gasteiger partial charge in [-0.25, -0.2) is 9.79 Å². The molecular weight excluding hydrogens is 608 g/mol. The molecule has 5 aromatic rings. The Labute approximate surface area is 268 Å². The van der Waals surface area contributed by atoms with E-state index in [1.54, 1.807) is 18.6 Å². The summed E-state index contributed by atoms with van der Waals surface area (Å²) in [6.07, 6.45) is 1.82. The van der Waals surface area contributed by atoms with Crippen LogP contribution in [0, 0.1) is 0 Å². The lowest BCUT2D eigenvalue weighted by molar-refractivity contribution is -0.138. The molecule has 1 aromatic heterocycles. The average Bonchev–Trinajstić information content (AvgIpc) is 3.37. The molecule has 4 aromatic carbocycles. The van der Waals surface area contributed by atoms with Gasteiger partial charge < -0.3 is 14.2 Å². The number of fused-ring (bicyclic) bond motifs is 1. The molecule has 1 atom stereocenters. The van der Waals surface area contributed by atoms with Crippen molar-refractivity contribution in [1.82, 2.24) is 4.57 Å². The number of carbonyl (C=O) groups is 1. The van der Waals surface area contributed by atoms with Gasteiger partial charge in [0.05, 0.1) is 35.6 Å². The van der Waals surface area contributed by atoms with Gasteiger partial charge in [-0.3, -0.25) is 9.36 Å². The van der Waals surface area contributed by atoms with Crippen LogP contribution in [-0.2, 0) is 16.1 Å². The Morgan fingerprint density at radius 2 is 1.73 bits per heavy atom. The Bertz CT molecular complexity index is 2070. The van der Waals surface area contributed by atoms with Crippen LogP contribution in [0.5, 0.6) is 11.5 Å². The standard InChI is InChI=1S/C36H29ClN2O5S/c1-3-43-35(41)31-32(25-11-5-4-6-12-25)38-36-39(33(31)26-15-17-28(42-2)18-16-26)34(40)30(45-36)21-23-9-8-14-29(20-23)44-22-24-10-7-13-27(37)19-24/h4-21,33H,3,22H2,1-2H3/b30-21-/t33-/m0/s1. The van der Waals surface area contributed by atoms with E-state index in [1.807, 2.05) is 109 Å². The number of thiazole rings is 1. The van der Waals surface area contributed by atoms with Gasteiger partial charge in [0.25, 0.3) is 5.56 Å². The molecule has 0 bridgehead atoms. The van der Waals surface area contributed by atoms with Crippen LogP contribution in [0.1, 0.15) is 35.2 Å². The molecule has 0 aliphatic carbocycles. The maximum atomic E-state index is 14.2. The van der Waals surface area contributed by atoms with Crippen molar-refractivity contribution in [2.24, 2.45) is 4.99 Å². The second-order valence-corrected chi connectivity index (χ2v) is 11.6. The number of halogens is 1. The minimum Gasteiger partial charge on any atom is -0.497 e. The van der Waals surface area contributed by atoms with E-state index in [9.17, 15) is 9.59 Å². The molecule has 0 fully saturated rings. The molecule has 0 unspecified atom stereocenters. The molecule has 0 saturated heterocycles. The number of benzene rings is 4. The van der Waals surface area contributed by atoms with E-state index in [1.165, 1.54) is 11.3 Å². The van der Waals surface area contributed by atoms with Gasteiger partial charge >= 0.3 is 5.97 Å². The monoisotopic (exact) mass is 636 g/mol. The predicted octanol–water partition coefficient (Wildman–Crippen LogP) is 6.18. The van der Waals surface area contributed by atoms with Crippen LogP contribution < -0.4 is 24.4 Å². The lowest BCUT2D eigenvalue weighted by Gasteiger charge is -2.26. The van der Waals surface area contributed by atoms with E-state index < -0.39 is 12.0 Å². The number of carbonyl (C=O) groups excluding carboxylic acids is 1. The predicted molar refractivity (Wildman–Crippen MR) is 176 cm³/mol. The highest BCUT2D eigenvalue weighted by atomic mass is 35.5. The van der Waals surface area contributed by atoms with Crippen molar-refractivity contribution in [2.75, 3.05) is 13.7 Å². The van der Waals surface area contributed by atoms with Crippen LogP contribution in [0.2, 0.25) is 5.02 Å². The van der Waals surface area contributed by atoms with E-state index in [-0.39, 0.29) is 12.2 Å². The summed E-state index contributed by atoms with van der Waals surface area (Å²) in [6, 6.07) is 31.1. The van der Waals surface area contributed by atoms with Crippen molar-refractivity contribution in [3.05, 3.63) is 156 Å². The molecular formula is C36H29ClN2O5S. The fourth-order valence-corrected chi connectivity index (χ4v) is 6.39. The zero-order chi connectivity index (χ0) is 31.3. The second-order valence-electron chi connectivity index (χ2n) is 10.2. The maximum Gasteiger partial charge on any atom is 0.338 e. The van der Waals surface area contributed by atoms with Gasteiger partial charge in [-0.1, -0.05) is 89.7 Å². The molecule has 0 spiro atoms. The SMILES string of the molecule is CCOC(=O)C1=C(c2ccccc2)N=c2s/c(=C\c3cccc(OCc4cccc(Cl)c4)c3)c(=O)n2[C@H]1c1ccc(OC)cc1. The van der Waals surface area contributed by atoms with Gasteiger partial charge in [0.2, 0.25) is 0 Å². The smallest absolute Gasteiger partial charge is 0.338 e. The van der Waals surface area contributed by atoms with Crippen molar-refractivity contribution in [2.45, 2.75) is 19.6 Å². The van der Waals surface area contributed by atoms with Crippen LogP contribution in [0.4, 0.5) is 0 Å². The lowest BCUT2D eigenvalue weighted by atomic mass is 9.93. The molecule has 0 amide bonds. The van der Waals surface area contributed by atoms with Crippen LogP contribution in [0.15, 0.2) is 118 Å². The first kappa shape index (κ1) is 30.1. The summed E-state index contributed by atoms with van der Waals surface area (Å²) in [7, 11) is 1.59. The van der Waals surface area contributed by atoms with E-state index in [0.717, 1.165) is 22.3 Å². The Morgan fingerprint density at radius 1 is 0.956 bits per heavy atom. The number of hydrogen-bond acceptors (Lipinski definition) is 7. The topological polar surface area (TPSA) is 79.1 Å². The number of methoxy groups -OCH3 is 1. The van der Waals surface area contributed by atoms with Gasteiger partial charge in [-0.2, -0.15) is 0 Å². The minimum atomic E-state index is -0.768. The minimum absolute atomic E-state index is 0.180. The molecule has 7 nitrogen and oxygen atoms in total. The van der Waals surface area contributed by atoms with Crippen LogP contribution in [0.25, 0.3) is 11.8 Å². The first-order valence-electron chi connectivity index (χ1n) is 14.3. The van der Waals surface area contributed by atoms with E-state index in [0.29, 0.717) is 43.7 Å². The van der Waals surface area contributed by atoms with Gasteiger partial charge in [0.15, 0.2) is 4.80 Å². The second kappa shape index (κ2) is 13.4. The van der Waals surface area contributed by atoms with Crippen molar-refractivity contribution in [3.63, 3.8) is 0 Å². The number of aromatic nitrogens is 1. The summed E-state index contributed by atoms with van der Waals surface area (Å²) >= 11 is 7.38. The third-order valence-corrected chi connectivity index (χ3v) is 8.47. The molecule has 1 aliphatic rings. The summed E-state index contributed by atoms with van der Waals surface area (Å²) in [4.78, 5) is 33.2. The Kier molecular flexibility index (Phi) is 8.96. The molecule has 1 aliphatic heterocycles. The highest BCUT2D eigenvalue weighted by Crippen LogP contribution is 2.35. The van der Waals surface area contributed by atoms with Gasteiger partial charge in [-0.15, -0.1) is 0 Å². The summed E-state index contributed by atoms with van der Waals surface area (Å²) in [6.45, 7) is 2.29. The largest absolute Gasteiger partial charge is 0.497 e. The molecule has 6 rings (SSSR count). The van der Waals surface area contributed by atoms with Gasteiger partial charge in [0, 0.05) is 10.6 Å². The Hall–Kier alpha value is -4.92. The maximum absolute atomic E-state index is 14.2. The van der Waals surface area contributed by atoms with Crippen molar-refractivity contribution >= 4 is 40.7 Å². The average molecular weight is 637 g/mol. The van der Waals surface area contributed by atoms with Crippen molar-refractivity contribution < 1.29 is 19.0 Å². The number of hydrogen-bond donors (Lipinski definition) is 0. The summed E-state index contributed by atoms with van der Waals surface area (Å²) < 4.78 is 19.0. The fourth-order valence-electron chi connectivity index (χ4n) is 5.18. The first-order valence-corrected chi connectivity index (χ1v) is 15.5. The van der Waals surface area contributed by atoms with E-state index >= 15 is 0 Å². The molecule has 0 N–H and O–H groups in total. The normalized spacial score (nSPS) is 14.5. The molecule has 0 saturated carbocycles. The summed E-state index contributed by atoms with van der Waals surface area (Å²) in [5, 5.41) is 0.648. The highest BCUT2D eigenvalue weighted by Gasteiger charge is 2.35. The molecule has 45 heavy (non-hydrogen) atoms. The van der Waals surface area contributed by atoms with E-state index in [4.69, 9.17) is 30.8 Å². The third kappa shape index (κ3) is 6.48. The zero-order valence-corrected chi connectivity index (χ0v) is 26.2. The number of nitrogens with zero attached hydrogens (tertiary/aromatic N) is 2. The number of esters is 1. The van der Waals surface area contributed by atoms with Crippen LogP contribution >= 0.6 is 22.9 Å². The Morgan fingerprint density at radius 3 is 2.47 bits per heavy atom. The van der Waals surface area contributed by atoms with Crippen molar-refractivity contribution in [3.8, 4) is 11.5 Å². The molecule has 226 valence electrons. The molecule has 9 heteroatoms. The number of rotatable bonds is 9. The molecule has 2 heterocycles. The van der Waals surface area contributed by atoms with Crippen LogP contribution in [-0.4, -0.2) is 24.3 Å². The van der Waals surface area contributed by atoms with Gasteiger partial charge in [-0.05, 0) is 66.1 Å². The molecule has 0 radical (unpaired) electrons. The Balaban J connectivity index is 1.47. The lowest BCUT2D eigenvalue weighted by Crippen LogP contribution is -2.40. The zero-order valence-electron chi connectivity index (χ0n) is 24.6. The van der Waals surface area contributed by atoms with Crippen molar-refractivity contribution in [1.29, 1.82) is 0 Å². The summed E-state index contributed by atoms with van der Waals surface area (Å²) in [5.41, 5.74) is 3.72. The van der Waals surface area contributed by atoms with Crippen LogP contribution in [0.3, 0.4) is 0 Å². The summed E-state index contributed by atoms with van der Waals surface area (Å²) in [5.74, 6) is 0.789. The third-order valence-electron chi connectivity index (χ3n) is 7.26. The quantitative estimate of drug-likeness (QED) is 0.181. The fraction of sp³-hybridized carbons (Fsp3) is 0.139. The van der Waals surface area contributed by atoms with Gasteiger partial charge in [0.1, 0.15) is 18.1 Å². The number of ether oxygens (including phenoxy) is 3. The highest BCUT2D eigenvalue weighted by molar-refractivity contribution is 7.07.